The highest BCUT2D eigenvalue weighted by Gasteiger charge is 2.24. The summed E-state index contributed by atoms with van der Waals surface area (Å²) >= 11 is 7.84. The van der Waals surface area contributed by atoms with Gasteiger partial charge in [-0.15, -0.1) is 21.5 Å². The first kappa shape index (κ1) is 19.3. The molecule has 4 heterocycles. The van der Waals surface area contributed by atoms with Gasteiger partial charge >= 0.3 is 0 Å². The van der Waals surface area contributed by atoms with Crippen LogP contribution in [0.5, 0.6) is 0 Å². The van der Waals surface area contributed by atoms with Gasteiger partial charge in [-0.2, -0.15) is 0 Å². The Morgan fingerprint density at radius 3 is 2.69 bits per heavy atom. The molecule has 1 saturated heterocycles. The zero-order valence-corrected chi connectivity index (χ0v) is 18.3. The number of aromatic nitrogens is 3. The van der Waals surface area contributed by atoms with Crippen LogP contribution in [0.25, 0.3) is 11.4 Å². The maximum Gasteiger partial charge on any atom is 0.165 e. The van der Waals surface area contributed by atoms with E-state index in [-0.39, 0.29) is 0 Å². The van der Waals surface area contributed by atoms with Crippen LogP contribution < -0.4 is 0 Å². The molecule has 0 N–H and O–H groups in total. The smallest absolute Gasteiger partial charge is 0.165 e. The molecule has 0 bridgehead atoms. The van der Waals surface area contributed by atoms with E-state index in [1.54, 1.807) is 0 Å². The highest BCUT2D eigenvalue weighted by Crippen LogP contribution is 2.32. The Balaban J connectivity index is 1.16. The van der Waals surface area contributed by atoms with Gasteiger partial charge in [0.05, 0.1) is 6.54 Å². The predicted molar refractivity (Wildman–Crippen MR) is 119 cm³/mol. The summed E-state index contributed by atoms with van der Waals surface area (Å²) in [5.41, 5.74) is 2.70. The number of benzene rings is 1. The quantitative estimate of drug-likeness (QED) is 0.543. The molecule has 2 aliphatic rings. The lowest BCUT2D eigenvalue weighted by atomic mass is 9.90. The number of halogens is 1. The van der Waals surface area contributed by atoms with E-state index in [1.165, 1.54) is 41.7 Å². The van der Waals surface area contributed by atoms with Crippen molar-refractivity contribution in [2.75, 3.05) is 13.1 Å². The van der Waals surface area contributed by atoms with Gasteiger partial charge in [-0.25, -0.2) is 0 Å². The number of rotatable bonds is 5. The van der Waals surface area contributed by atoms with Crippen molar-refractivity contribution >= 4 is 22.9 Å². The average Bonchev–Trinajstić information content (AvgIpc) is 3.32. The van der Waals surface area contributed by atoms with E-state index in [1.807, 2.05) is 23.5 Å². The van der Waals surface area contributed by atoms with Crippen molar-refractivity contribution < 1.29 is 0 Å². The molecule has 5 rings (SSSR count). The molecule has 1 aromatic carbocycles. The van der Waals surface area contributed by atoms with E-state index in [9.17, 15) is 0 Å². The molecule has 0 spiro atoms. The number of thiophene rings is 1. The first-order valence-electron chi connectivity index (χ1n) is 10.7. The summed E-state index contributed by atoms with van der Waals surface area (Å²) in [6.45, 7) is 4.29. The van der Waals surface area contributed by atoms with Crippen molar-refractivity contribution in [3.63, 3.8) is 0 Å². The third-order valence-corrected chi connectivity index (χ3v) is 7.66. The number of fused-ring (bicyclic) bond motifs is 3. The molecule has 0 unspecified atom stereocenters. The number of piperidine rings is 1. The lowest BCUT2D eigenvalue weighted by molar-refractivity contribution is 0.167. The van der Waals surface area contributed by atoms with E-state index in [2.05, 4.69) is 43.2 Å². The summed E-state index contributed by atoms with van der Waals surface area (Å²) in [6.07, 6.45) is 7.33. The summed E-state index contributed by atoms with van der Waals surface area (Å²) < 4.78 is 2.37. The lowest BCUT2D eigenvalue weighted by Gasteiger charge is -2.31. The minimum absolute atomic E-state index is 0.823. The van der Waals surface area contributed by atoms with Crippen LogP contribution in [0, 0.1) is 5.92 Å². The monoisotopic (exact) mass is 426 g/mol. The SMILES string of the molecule is Clc1ccc(CCC2CCN(Cc3nnc4n3CCCc3sccc3-4)CC2)cc1. The van der Waals surface area contributed by atoms with Crippen LogP contribution in [0.15, 0.2) is 35.7 Å². The van der Waals surface area contributed by atoms with Crippen molar-refractivity contribution in [1.29, 1.82) is 0 Å². The second-order valence-electron chi connectivity index (χ2n) is 8.34. The van der Waals surface area contributed by atoms with Crippen LogP contribution in [0.4, 0.5) is 0 Å². The van der Waals surface area contributed by atoms with Gasteiger partial charge in [-0.3, -0.25) is 4.90 Å². The molecule has 3 aromatic rings. The Kier molecular flexibility index (Phi) is 5.71. The van der Waals surface area contributed by atoms with Crippen LogP contribution >= 0.6 is 22.9 Å². The fourth-order valence-corrected chi connectivity index (χ4v) is 5.72. The summed E-state index contributed by atoms with van der Waals surface area (Å²) in [4.78, 5) is 4.03. The Labute approximate surface area is 181 Å². The van der Waals surface area contributed by atoms with Gasteiger partial charge in [0, 0.05) is 22.0 Å². The minimum Gasteiger partial charge on any atom is -0.310 e. The molecule has 2 aliphatic heterocycles. The first-order chi connectivity index (χ1) is 14.3. The number of aryl methyl sites for hydroxylation is 2. The molecule has 152 valence electrons. The molecule has 0 atom stereocenters. The Morgan fingerprint density at radius 2 is 1.86 bits per heavy atom. The molecule has 6 heteroatoms. The second-order valence-corrected chi connectivity index (χ2v) is 9.77. The average molecular weight is 427 g/mol. The molecule has 0 aliphatic carbocycles. The van der Waals surface area contributed by atoms with Crippen LogP contribution in [0.1, 0.15) is 41.9 Å². The third kappa shape index (κ3) is 4.27. The first-order valence-corrected chi connectivity index (χ1v) is 12.0. The summed E-state index contributed by atoms with van der Waals surface area (Å²) in [6, 6.07) is 10.5. The van der Waals surface area contributed by atoms with E-state index >= 15 is 0 Å². The molecule has 2 aromatic heterocycles. The van der Waals surface area contributed by atoms with Crippen molar-refractivity contribution in [2.45, 2.75) is 51.6 Å². The van der Waals surface area contributed by atoms with Crippen molar-refractivity contribution in [2.24, 2.45) is 5.92 Å². The zero-order chi connectivity index (χ0) is 19.6. The van der Waals surface area contributed by atoms with Gasteiger partial charge in [0.2, 0.25) is 0 Å². The molecular weight excluding hydrogens is 400 g/mol. The normalized spacial score (nSPS) is 17.7. The van der Waals surface area contributed by atoms with Crippen LogP contribution in [-0.2, 0) is 25.9 Å². The predicted octanol–water partition coefficient (Wildman–Crippen LogP) is 5.45. The third-order valence-electron chi connectivity index (χ3n) is 6.43. The highest BCUT2D eigenvalue weighted by molar-refractivity contribution is 7.10. The standard InChI is InChI=1S/C23H27ClN4S/c24-19-7-5-17(6-8-19)3-4-18-9-13-27(14-10-18)16-22-25-26-23-20-11-15-29-21(20)2-1-12-28(22)23/h5-8,11,15,18H,1-4,9-10,12-14,16H2. The van der Waals surface area contributed by atoms with E-state index in [4.69, 9.17) is 11.6 Å². The Bertz CT molecular complexity index is 954. The number of hydrogen-bond donors (Lipinski definition) is 0. The van der Waals surface area contributed by atoms with Crippen LogP contribution in [0.2, 0.25) is 5.02 Å². The second kappa shape index (κ2) is 8.58. The van der Waals surface area contributed by atoms with E-state index in [0.29, 0.717) is 0 Å². The summed E-state index contributed by atoms with van der Waals surface area (Å²) in [5, 5.41) is 12.1. The minimum atomic E-state index is 0.823. The van der Waals surface area contributed by atoms with Gasteiger partial charge < -0.3 is 4.57 Å². The van der Waals surface area contributed by atoms with Gasteiger partial charge in [0.1, 0.15) is 5.82 Å². The molecule has 0 radical (unpaired) electrons. The number of nitrogens with zero attached hydrogens (tertiary/aromatic N) is 4. The maximum atomic E-state index is 5.99. The molecular formula is C23H27ClN4S. The van der Waals surface area contributed by atoms with E-state index in [0.717, 1.165) is 61.6 Å². The molecule has 4 nitrogen and oxygen atoms in total. The Morgan fingerprint density at radius 1 is 1.03 bits per heavy atom. The van der Waals surface area contributed by atoms with Gasteiger partial charge in [0.25, 0.3) is 0 Å². The van der Waals surface area contributed by atoms with Gasteiger partial charge in [-0.1, -0.05) is 23.7 Å². The summed E-state index contributed by atoms with van der Waals surface area (Å²) in [7, 11) is 0. The molecule has 0 amide bonds. The van der Waals surface area contributed by atoms with Crippen molar-refractivity contribution in [3.8, 4) is 11.4 Å². The van der Waals surface area contributed by atoms with Gasteiger partial charge in [0.15, 0.2) is 5.82 Å². The molecule has 29 heavy (non-hydrogen) atoms. The van der Waals surface area contributed by atoms with Crippen molar-refractivity contribution in [3.05, 3.63) is 57.0 Å². The van der Waals surface area contributed by atoms with Crippen LogP contribution in [-0.4, -0.2) is 32.8 Å². The van der Waals surface area contributed by atoms with Crippen molar-refractivity contribution in [1.82, 2.24) is 19.7 Å². The van der Waals surface area contributed by atoms with E-state index < -0.39 is 0 Å². The van der Waals surface area contributed by atoms with Gasteiger partial charge in [-0.05, 0) is 86.7 Å². The zero-order valence-electron chi connectivity index (χ0n) is 16.7. The molecule has 0 saturated carbocycles. The maximum absolute atomic E-state index is 5.99. The largest absolute Gasteiger partial charge is 0.310 e. The fourth-order valence-electron chi connectivity index (χ4n) is 4.67. The fraction of sp³-hybridized carbons (Fsp3) is 0.478. The number of hydrogen-bond acceptors (Lipinski definition) is 4. The summed E-state index contributed by atoms with van der Waals surface area (Å²) in [5.74, 6) is 3.04. The topological polar surface area (TPSA) is 34.0 Å². The highest BCUT2D eigenvalue weighted by atomic mass is 35.5. The Hall–Kier alpha value is -1.69. The lowest BCUT2D eigenvalue weighted by Crippen LogP contribution is -2.34. The molecule has 1 fully saturated rings. The number of likely N-dealkylation sites (tertiary alicyclic amines) is 1. The van der Waals surface area contributed by atoms with Crippen LogP contribution in [0.3, 0.4) is 0 Å².